The van der Waals surface area contributed by atoms with Crippen LogP contribution in [0.15, 0.2) is 54.7 Å². The van der Waals surface area contributed by atoms with E-state index in [0.29, 0.717) is 23.9 Å². The van der Waals surface area contributed by atoms with Crippen molar-refractivity contribution < 1.29 is 17.9 Å². The maximum atomic E-state index is 13.6. The van der Waals surface area contributed by atoms with Gasteiger partial charge in [0.05, 0.1) is 6.61 Å². The number of anilines is 4. The zero-order valence-corrected chi connectivity index (χ0v) is 19.7. The lowest BCUT2D eigenvalue weighted by Gasteiger charge is -2.16. The lowest BCUT2D eigenvalue weighted by Crippen LogP contribution is -2.12. The van der Waals surface area contributed by atoms with Gasteiger partial charge in [-0.05, 0) is 60.7 Å². The maximum Gasteiger partial charge on any atom is 0.421 e. The van der Waals surface area contributed by atoms with Crippen molar-refractivity contribution >= 4 is 23.1 Å². The van der Waals surface area contributed by atoms with Crippen LogP contribution in [0, 0.1) is 0 Å². The van der Waals surface area contributed by atoms with Crippen LogP contribution in [-0.4, -0.2) is 16.6 Å². The molecule has 1 atom stereocenters. The summed E-state index contributed by atoms with van der Waals surface area (Å²) in [5, 5.41) is 5.80. The fourth-order valence-corrected chi connectivity index (χ4v) is 3.35. The zero-order chi connectivity index (χ0) is 24.6. The van der Waals surface area contributed by atoms with Crippen molar-refractivity contribution in [2.45, 2.75) is 58.5 Å². The number of halogens is 3. The Bertz CT molecular complexity index is 1050. The van der Waals surface area contributed by atoms with Gasteiger partial charge in [-0.2, -0.15) is 18.2 Å². The number of nitrogens with one attached hydrogen (secondary N) is 2. The molecule has 5 nitrogen and oxygen atoms in total. The zero-order valence-electron chi connectivity index (χ0n) is 19.7. The molecule has 0 fully saturated rings. The van der Waals surface area contributed by atoms with E-state index >= 15 is 0 Å². The van der Waals surface area contributed by atoms with Crippen LogP contribution < -0.4 is 15.4 Å². The second-order valence-electron chi connectivity index (χ2n) is 8.22. The van der Waals surface area contributed by atoms with E-state index < -0.39 is 11.7 Å². The number of aromatic nitrogens is 2. The van der Waals surface area contributed by atoms with Crippen molar-refractivity contribution in [1.29, 1.82) is 0 Å². The van der Waals surface area contributed by atoms with Gasteiger partial charge in [0.2, 0.25) is 5.95 Å². The lowest BCUT2D eigenvalue weighted by molar-refractivity contribution is -0.137. The summed E-state index contributed by atoms with van der Waals surface area (Å²) < 4.78 is 46.5. The van der Waals surface area contributed by atoms with Gasteiger partial charge in [0.15, 0.2) is 0 Å². The average Bonchev–Trinajstić information content (AvgIpc) is 2.82. The Labute approximate surface area is 198 Å². The van der Waals surface area contributed by atoms with Gasteiger partial charge in [0.1, 0.15) is 17.1 Å². The number of nitrogens with zero attached hydrogens (tertiary/aromatic N) is 2. The summed E-state index contributed by atoms with van der Waals surface area (Å²) >= 11 is 0. The van der Waals surface area contributed by atoms with E-state index in [1.807, 2.05) is 18.2 Å². The predicted molar refractivity (Wildman–Crippen MR) is 130 cm³/mol. The van der Waals surface area contributed by atoms with E-state index in [-0.39, 0.29) is 11.8 Å². The molecule has 0 aliphatic carbocycles. The molecule has 2 aromatic carbocycles. The molecule has 0 aliphatic rings. The summed E-state index contributed by atoms with van der Waals surface area (Å²) in [7, 11) is 0. The summed E-state index contributed by atoms with van der Waals surface area (Å²) in [5.41, 5.74) is 1.30. The van der Waals surface area contributed by atoms with Gasteiger partial charge in [0.25, 0.3) is 0 Å². The van der Waals surface area contributed by atoms with Crippen LogP contribution in [-0.2, 0) is 6.18 Å². The van der Waals surface area contributed by atoms with Gasteiger partial charge in [-0.15, -0.1) is 0 Å². The van der Waals surface area contributed by atoms with Crippen LogP contribution in [0.1, 0.15) is 63.5 Å². The van der Waals surface area contributed by atoms with Gasteiger partial charge in [0, 0.05) is 17.6 Å². The lowest BCUT2D eigenvalue weighted by atomic mass is 9.98. The van der Waals surface area contributed by atoms with Crippen molar-refractivity contribution in [3.8, 4) is 5.75 Å². The minimum atomic E-state index is -4.59. The summed E-state index contributed by atoms with van der Waals surface area (Å²) in [4.78, 5) is 8.01. The molecule has 1 heterocycles. The third-order valence-corrected chi connectivity index (χ3v) is 5.55. The second-order valence-corrected chi connectivity index (χ2v) is 8.22. The molecule has 0 radical (unpaired) electrons. The predicted octanol–water partition coefficient (Wildman–Crippen LogP) is 8.07. The number of hydrogen-bond acceptors (Lipinski definition) is 5. The van der Waals surface area contributed by atoms with Crippen LogP contribution in [0.2, 0.25) is 0 Å². The van der Waals surface area contributed by atoms with Gasteiger partial charge >= 0.3 is 6.18 Å². The number of hydrogen-bond donors (Lipinski definition) is 2. The molecule has 0 aliphatic heterocycles. The van der Waals surface area contributed by atoms with Crippen molar-refractivity contribution in [1.82, 2.24) is 9.97 Å². The second kappa shape index (κ2) is 11.7. The van der Waals surface area contributed by atoms with Gasteiger partial charge in [-0.1, -0.05) is 45.7 Å². The van der Waals surface area contributed by atoms with Gasteiger partial charge in [-0.3, -0.25) is 0 Å². The highest BCUT2D eigenvalue weighted by atomic mass is 19.4. The summed E-state index contributed by atoms with van der Waals surface area (Å²) in [6.45, 7) is 6.93. The van der Waals surface area contributed by atoms with Crippen LogP contribution in [0.25, 0.3) is 0 Å². The number of alkyl halides is 3. The molecule has 1 unspecified atom stereocenters. The Morgan fingerprint density at radius 1 is 0.971 bits per heavy atom. The van der Waals surface area contributed by atoms with Crippen LogP contribution in [0.5, 0.6) is 5.75 Å². The largest absolute Gasteiger partial charge is 0.494 e. The number of unbranched alkanes of at least 4 members (excludes halogenated alkanes) is 2. The van der Waals surface area contributed by atoms with Crippen LogP contribution >= 0.6 is 0 Å². The van der Waals surface area contributed by atoms with Crippen LogP contribution in [0.3, 0.4) is 0 Å². The minimum absolute atomic E-state index is 0.0604. The first-order valence-electron chi connectivity index (χ1n) is 11.6. The van der Waals surface area contributed by atoms with Crippen molar-refractivity contribution in [3.05, 3.63) is 65.9 Å². The SMILES string of the molecule is CCCCCOc1ccc(Nc2ncc(C(F)(F)F)c(Nc3cccc(C(C)CC)c3)n2)cc1. The quantitative estimate of drug-likeness (QED) is 0.276. The average molecular weight is 473 g/mol. The number of benzene rings is 2. The molecule has 0 saturated heterocycles. The Hall–Kier alpha value is -3.29. The highest BCUT2D eigenvalue weighted by Gasteiger charge is 2.35. The molecular weight excluding hydrogens is 441 g/mol. The molecule has 34 heavy (non-hydrogen) atoms. The van der Waals surface area contributed by atoms with E-state index in [1.165, 1.54) is 0 Å². The van der Waals surface area contributed by atoms with Crippen molar-refractivity contribution in [2.75, 3.05) is 17.2 Å². The number of ether oxygens (including phenoxy) is 1. The Morgan fingerprint density at radius 2 is 1.74 bits per heavy atom. The monoisotopic (exact) mass is 472 g/mol. The molecule has 182 valence electrons. The number of rotatable bonds is 11. The summed E-state index contributed by atoms with van der Waals surface area (Å²) in [5.74, 6) is 0.788. The molecule has 8 heteroatoms. The standard InChI is InChI=1S/C26H31F3N4O/c1-4-6-7-15-34-22-13-11-20(12-14-22)32-25-30-17-23(26(27,28)29)24(33-25)31-21-10-8-9-19(16-21)18(3)5-2/h8-14,16-18H,4-7,15H2,1-3H3,(H2,30,31,32,33). The Balaban J connectivity index is 1.78. The van der Waals surface area contributed by atoms with Crippen LogP contribution in [0.4, 0.5) is 36.3 Å². The first kappa shape index (κ1) is 25.3. The molecule has 0 amide bonds. The molecule has 3 rings (SSSR count). The highest BCUT2D eigenvalue weighted by molar-refractivity contribution is 5.63. The van der Waals surface area contributed by atoms with Gasteiger partial charge in [-0.25, -0.2) is 4.98 Å². The topological polar surface area (TPSA) is 59.1 Å². The smallest absolute Gasteiger partial charge is 0.421 e. The fraction of sp³-hybridized carbons (Fsp3) is 0.385. The van der Waals surface area contributed by atoms with E-state index in [1.54, 1.807) is 30.3 Å². The van der Waals surface area contributed by atoms with E-state index in [2.05, 4.69) is 41.4 Å². The first-order valence-corrected chi connectivity index (χ1v) is 11.6. The molecule has 0 bridgehead atoms. The highest BCUT2D eigenvalue weighted by Crippen LogP contribution is 2.36. The summed E-state index contributed by atoms with van der Waals surface area (Å²) in [6, 6.07) is 14.5. The normalized spacial score (nSPS) is 12.3. The van der Waals surface area contributed by atoms with Crippen molar-refractivity contribution in [2.24, 2.45) is 0 Å². The molecule has 2 N–H and O–H groups in total. The van der Waals surface area contributed by atoms with E-state index in [4.69, 9.17) is 4.74 Å². The molecular formula is C26H31F3N4O. The van der Waals surface area contributed by atoms with E-state index in [9.17, 15) is 13.2 Å². The minimum Gasteiger partial charge on any atom is -0.494 e. The molecule has 3 aromatic rings. The molecule has 0 spiro atoms. The third-order valence-electron chi connectivity index (χ3n) is 5.55. The van der Waals surface area contributed by atoms with Gasteiger partial charge < -0.3 is 15.4 Å². The third kappa shape index (κ3) is 7.10. The first-order chi connectivity index (χ1) is 16.3. The Morgan fingerprint density at radius 3 is 2.41 bits per heavy atom. The maximum absolute atomic E-state index is 13.6. The molecule has 1 aromatic heterocycles. The van der Waals surface area contributed by atoms with Crippen molar-refractivity contribution in [3.63, 3.8) is 0 Å². The molecule has 0 saturated carbocycles. The Kier molecular flexibility index (Phi) is 8.73. The summed E-state index contributed by atoms with van der Waals surface area (Å²) in [6.07, 6.45) is 0.364. The fourth-order valence-electron chi connectivity index (χ4n) is 3.35. The van der Waals surface area contributed by atoms with E-state index in [0.717, 1.165) is 43.2 Å².